The fourth-order valence-corrected chi connectivity index (χ4v) is 3.71. The van der Waals surface area contributed by atoms with Crippen LogP contribution >= 0.6 is 23.4 Å². The van der Waals surface area contributed by atoms with Crippen LogP contribution in [0, 0.1) is 0 Å². The molecule has 1 heterocycles. The van der Waals surface area contributed by atoms with E-state index in [1.165, 1.54) is 0 Å². The van der Waals surface area contributed by atoms with E-state index in [2.05, 4.69) is 21.7 Å². The molecular weight excluding hydrogens is 366 g/mol. The van der Waals surface area contributed by atoms with E-state index in [4.69, 9.17) is 16.3 Å². The number of rotatable bonds is 8. The summed E-state index contributed by atoms with van der Waals surface area (Å²) in [6, 6.07) is 15.7. The molecule has 26 heavy (non-hydrogen) atoms. The lowest BCUT2D eigenvalue weighted by molar-refractivity contribution is 0.340. The molecule has 0 atom stereocenters. The quantitative estimate of drug-likeness (QED) is 0.357. The van der Waals surface area contributed by atoms with Crippen LogP contribution < -0.4 is 4.74 Å². The molecule has 0 bridgehead atoms. The van der Waals surface area contributed by atoms with Crippen LogP contribution in [0.2, 0.25) is 5.02 Å². The summed E-state index contributed by atoms with van der Waals surface area (Å²) in [6.07, 6.45) is 2.31. The van der Waals surface area contributed by atoms with Crippen molar-refractivity contribution < 1.29 is 4.74 Å². The van der Waals surface area contributed by atoms with Gasteiger partial charge in [0.15, 0.2) is 11.0 Å². The van der Waals surface area contributed by atoms with Gasteiger partial charge >= 0.3 is 0 Å². The highest BCUT2D eigenvalue weighted by Gasteiger charge is 2.16. The second-order valence-electron chi connectivity index (χ2n) is 5.78. The Labute approximate surface area is 163 Å². The second kappa shape index (κ2) is 9.10. The number of unbranched alkanes of at least 4 members (excludes halogenated alkanes) is 1. The molecule has 2 aromatic carbocycles. The zero-order valence-corrected chi connectivity index (χ0v) is 16.6. The van der Waals surface area contributed by atoms with Gasteiger partial charge in [-0.25, -0.2) is 0 Å². The van der Waals surface area contributed by atoms with Gasteiger partial charge in [-0.3, -0.25) is 4.57 Å². The SMILES string of the molecule is CCCCSc1nnc(-c2ccc(Cl)cc2)n1-c1ccc(OCC)cc1. The van der Waals surface area contributed by atoms with E-state index >= 15 is 0 Å². The zero-order valence-electron chi connectivity index (χ0n) is 15.0. The van der Waals surface area contributed by atoms with Crippen LogP contribution in [-0.4, -0.2) is 27.1 Å². The lowest BCUT2D eigenvalue weighted by atomic mass is 10.2. The third-order valence-corrected chi connectivity index (χ3v) is 5.14. The topological polar surface area (TPSA) is 39.9 Å². The maximum atomic E-state index is 6.03. The minimum atomic E-state index is 0.653. The second-order valence-corrected chi connectivity index (χ2v) is 7.28. The van der Waals surface area contributed by atoms with Gasteiger partial charge in [-0.05, 0) is 61.9 Å². The Bertz CT molecular complexity index is 831. The number of aromatic nitrogens is 3. The Morgan fingerprint density at radius 1 is 1.00 bits per heavy atom. The summed E-state index contributed by atoms with van der Waals surface area (Å²) in [5.74, 6) is 2.69. The molecule has 0 radical (unpaired) electrons. The Hall–Kier alpha value is -1.98. The molecule has 136 valence electrons. The third-order valence-electron chi connectivity index (χ3n) is 3.87. The lowest BCUT2D eigenvalue weighted by Gasteiger charge is -2.11. The molecule has 0 N–H and O–H groups in total. The molecule has 0 aliphatic rings. The lowest BCUT2D eigenvalue weighted by Crippen LogP contribution is -2.00. The Morgan fingerprint density at radius 2 is 1.73 bits per heavy atom. The van der Waals surface area contributed by atoms with Gasteiger partial charge in [0.1, 0.15) is 5.75 Å². The van der Waals surface area contributed by atoms with Crippen LogP contribution in [0.5, 0.6) is 5.75 Å². The highest BCUT2D eigenvalue weighted by Crippen LogP contribution is 2.30. The van der Waals surface area contributed by atoms with E-state index in [0.29, 0.717) is 11.6 Å². The molecule has 0 fully saturated rings. The number of hydrogen-bond donors (Lipinski definition) is 0. The van der Waals surface area contributed by atoms with E-state index in [1.807, 2.05) is 55.5 Å². The van der Waals surface area contributed by atoms with Crippen LogP contribution in [0.1, 0.15) is 26.7 Å². The van der Waals surface area contributed by atoms with Crippen LogP contribution in [-0.2, 0) is 0 Å². The molecule has 0 spiro atoms. The predicted octanol–water partition coefficient (Wildman–Crippen LogP) is 5.88. The number of thioether (sulfide) groups is 1. The molecule has 1 aromatic heterocycles. The van der Waals surface area contributed by atoms with Gasteiger partial charge in [0, 0.05) is 22.0 Å². The molecule has 3 rings (SSSR count). The standard InChI is InChI=1S/C20H22ClN3OS/c1-3-5-14-26-20-23-22-19(15-6-8-16(21)9-7-15)24(20)17-10-12-18(13-11-17)25-4-2/h6-13H,3-5,14H2,1-2H3. The van der Waals surface area contributed by atoms with Crippen molar-refractivity contribution in [3.05, 3.63) is 53.6 Å². The average molecular weight is 388 g/mol. The summed E-state index contributed by atoms with van der Waals surface area (Å²) < 4.78 is 7.65. The van der Waals surface area contributed by atoms with E-state index < -0.39 is 0 Å². The number of hydrogen-bond acceptors (Lipinski definition) is 4. The first kappa shape index (κ1) is 18.8. The van der Waals surface area contributed by atoms with E-state index in [9.17, 15) is 0 Å². The molecule has 0 saturated carbocycles. The third kappa shape index (κ3) is 4.40. The number of nitrogens with zero attached hydrogens (tertiary/aromatic N) is 3. The number of ether oxygens (including phenoxy) is 1. The van der Waals surface area contributed by atoms with Crippen molar-refractivity contribution >= 4 is 23.4 Å². The first-order chi connectivity index (χ1) is 12.7. The monoisotopic (exact) mass is 387 g/mol. The summed E-state index contributed by atoms with van der Waals surface area (Å²) in [5, 5.41) is 10.5. The van der Waals surface area contributed by atoms with Gasteiger partial charge in [-0.2, -0.15) is 0 Å². The van der Waals surface area contributed by atoms with Gasteiger partial charge in [-0.1, -0.05) is 36.7 Å². The minimum Gasteiger partial charge on any atom is -0.494 e. The van der Waals surface area contributed by atoms with Crippen molar-refractivity contribution in [2.75, 3.05) is 12.4 Å². The van der Waals surface area contributed by atoms with Crippen LogP contribution in [0.25, 0.3) is 17.1 Å². The van der Waals surface area contributed by atoms with Gasteiger partial charge in [0.05, 0.1) is 6.61 Å². The molecule has 4 nitrogen and oxygen atoms in total. The maximum Gasteiger partial charge on any atom is 0.196 e. The molecule has 0 aliphatic carbocycles. The van der Waals surface area contributed by atoms with Crippen molar-refractivity contribution in [3.8, 4) is 22.8 Å². The van der Waals surface area contributed by atoms with E-state index in [1.54, 1.807) is 11.8 Å². The fourth-order valence-electron chi connectivity index (χ4n) is 2.55. The highest BCUT2D eigenvalue weighted by molar-refractivity contribution is 7.99. The fraction of sp³-hybridized carbons (Fsp3) is 0.300. The van der Waals surface area contributed by atoms with Gasteiger partial charge < -0.3 is 4.74 Å². The summed E-state index contributed by atoms with van der Waals surface area (Å²) >= 11 is 7.76. The molecule has 3 aromatic rings. The van der Waals surface area contributed by atoms with E-state index in [-0.39, 0.29) is 0 Å². The smallest absolute Gasteiger partial charge is 0.196 e. The normalized spacial score (nSPS) is 10.9. The molecule has 0 saturated heterocycles. The zero-order chi connectivity index (χ0) is 18.4. The summed E-state index contributed by atoms with van der Waals surface area (Å²) in [7, 11) is 0. The average Bonchev–Trinajstić information content (AvgIpc) is 3.07. The first-order valence-electron chi connectivity index (χ1n) is 8.80. The Balaban J connectivity index is 2.00. The molecule has 0 unspecified atom stereocenters. The molecular formula is C20H22ClN3OS. The van der Waals surface area contributed by atoms with Gasteiger partial charge in [0.25, 0.3) is 0 Å². The summed E-state index contributed by atoms with van der Waals surface area (Å²) in [5.41, 5.74) is 2.00. The van der Waals surface area contributed by atoms with Crippen molar-refractivity contribution in [2.24, 2.45) is 0 Å². The van der Waals surface area contributed by atoms with Crippen molar-refractivity contribution in [3.63, 3.8) is 0 Å². The van der Waals surface area contributed by atoms with Crippen LogP contribution in [0.15, 0.2) is 53.7 Å². The van der Waals surface area contributed by atoms with E-state index in [0.717, 1.165) is 46.6 Å². The van der Waals surface area contributed by atoms with Gasteiger partial charge in [-0.15, -0.1) is 10.2 Å². The minimum absolute atomic E-state index is 0.653. The summed E-state index contributed by atoms with van der Waals surface area (Å²) in [6.45, 7) is 4.83. The predicted molar refractivity (Wildman–Crippen MR) is 109 cm³/mol. The van der Waals surface area contributed by atoms with Crippen LogP contribution in [0.4, 0.5) is 0 Å². The number of benzene rings is 2. The molecule has 6 heteroatoms. The van der Waals surface area contributed by atoms with Crippen molar-refractivity contribution in [2.45, 2.75) is 31.8 Å². The highest BCUT2D eigenvalue weighted by atomic mass is 35.5. The Kier molecular flexibility index (Phi) is 6.58. The van der Waals surface area contributed by atoms with Crippen molar-refractivity contribution in [1.82, 2.24) is 14.8 Å². The first-order valence-corrected chi connectivity index (χ1v) is 10.2. The molecule has 0 aliphatic heterocycles. The Morgan fingerprint density at radius 3 is 2.38 bits per heavy atom. The number of halogens is 1. The molecule has 0 amide bonds. The largest absolute Gasteiger partial charge is 0.494 e. The van der Waals surface area contributed by atoms with Crippen molar-refractivity contribution in [1.29, 1.82) is 0 Å². The summed E-state index contributed by atoms with van der Waals surface area (Å²) in [4.78, 5) is 0. The maximum absolute atomic E-state index is 6.03. The van der Waals surface area contributed by atoms with Gasteiger partial charge in [0.2, 0.25) is 0 Å². The van der Waals surface area contributed by atoms with Crippen LogP contribution in [0.3, 0.4) is 0 Å².